The number of benzene rings is 2. The van der Waals surface area contributed by atoms with Gasteiger partial charge in [-0.25, -0.2) is 4.39 Å². The first-order chi connectivity index (χ1) is 9.90. The number of aryl methyl sites for hydroxylation is 3. The van der Waals surface area contributed by atoms with Crippen LogP contribution in [0.25, 0.3) is 0 Å². The summed E-state index contributed by atoms with van der Waals surface area (Å²) in [6.07, 6.45) is 0. The molecule has 0 aliphatic rings. The highest BCUT2D eigenvalue weighted by atomic mass is 19.1. The minimum absolute atomic E-state index is 0.0677. The van der Waals surface area contributed by atoms with E-state index in [0.29, 0.717) is 6.54 Å². The van der Waals surface area contributed by atoms with Gasteiger partial charge >= 0.3 is 0 Å². The van der Waals surface area contributed by atoms with E-state index in [1.165, 1.54) is 18.2 Å². The van der Waals surface area contributed by atoms with Gasteiger partial charge in [-0.05, 0) is 43.5 Å². The highest BCUT2D eigenvalue weighted by Crippen LogP contribution is 2.28. The van der Waals surface area contributed by atoms with Crippen LogP contribution in [0.1, 0.15) is 22.3 Å². The second-order valence-corrected chi connectivity index (χ2v) is 5.12. The Hall–Kier alpha value is -2.43. The van der Waals surface area contributed by atoms with Crippen molar-refractivity contribution in [3.63, 3.8) is 0 Å². The van der Waals surface area contributed by atoms with Crippen molar-refractivity contribution in [3.05, 3.63) is 68.5 Å². The Morgan fingerprint density at radius 1 is 1.19 bits per heavy atom. The number of nitro groups is 1. The first-order valence-corrected chi connectivity index (χ1v) is 6.63. The lowest BCUT2D eigenvalue weighted by Gasteiger charge is -2.13. The van der Waals surface area contributed by atoms with Gasteiger partial charge in [0.25, 0.3) is 5.69 Å². The van der Waals surface area contributed by atoms with Crippen LogP contribution < -0.4 is 5.32 Å². The zero-order valence-electron chi connectivity index (χ0n) is 12.2. The van der Waals surface area contributed by atoms with Crippen molar-refractivity contribution in [2.24, 2.45) is 0 Å². The predicted molar refractivity (Wildman–Crippen MR) is 81.0 cm³/mol. The number of hydrogen-bond acceptors (Lipinski definition) is 3. The number of halogens is 1. The molecule has 0 bridgehead atoms. The number of para-hydroxylation sites is 1. The lowest BCUT2D eigenvalue weighted by atomic mass is 10.00. The Morgan fingerprint density at radius 2 is 1.81 bits per heavy atom. The molecule has 0 radical (unpaired) electrons. The summed E-state index contributed by atoms with van der Waals surface area (Å²) in [5.41, 5.74) is 4.03. The van der Waals surface area contributed by atoms with Crippen molar-refractivity contribution in [2.75, 3.05) is 5.32 Å². The third-order valence-electron chi connectivity index (χ3n) is 3.47. The van der Waals surface area contributed by atoms with E-state index in [2.05, 4.69) is 5.32 Å². The first-order valence-electron chi connectivity index (χ1n) is 6.63. The van der Waals surface area contributed by atoms with Gasteiger partial charge < -0.3 is 5.32 Å². The summed E-state index contributed by atoms with van der Waals surface area (Å²) in [4.78, 5) is 10.4. The molecule has 1 N–H and O–H groups in total. The number of nitrogens with one attached hydrogen (secondary N) is 1. The van der Waals surface area contributed by atoms with Gasteiger partial charge in [0, 0.05) is 12.6 Å². The number of anilines is 1. The molecule has 0 fully saturated rings. The zero-order chi connectivity index (χ0) is 15.6. The molecule has 0 aliphatic heterocycles. The Balaban J connectivity index is 2.31. The highest BCUT2D eigenvalue weighted by Gasteiger charge is 2.17. The molecule has 0 aliphatic carbocycles. The fraction of sp³-hybridized carbons (Fsp3) is 0.250. The Morgan fingerprint density at radius 3 is 2.38 bits per heavy atom. The van der Waals surface area contributed by atoms with Crippen LogP contribution in [-0.2, 0) is 6.54 Å². The molecule has 4 nitrogen and oxygen atoms in total. The molecule has 2 rings (SSSR count). The van der Waals surface area contributed by atoms with Gasteiger partial charge in [0.1, 0.15) is 5.69 Å². The maximum atomic E-state index is 13.8. The van der Waals surface area contributed by atoms with Crippen molar-refractivity contribution in [2.45, 2.75) is 27.3 Å². The van der Waals surface area contributed by atoms with Crippen LogP contribution >= 0.6 is 0 Å². The quantitative estimate of drug-likeness (QED) is 0.675. The maximum absolute atomic E-state index is 13.8. The maximum Gasteiger partial charge on any atom is 0.295 e. The van der Waals surface area contributed by atoms with Crippen molar-refractivity contribution in [1.29, 1.82) is 0 Å². The standard InChI is InChI=1S/C16H17FN2O2/c1-10-7-11(2)13(12(3)8-10)9-18-16-14(17)5-4-6-15(16)19(20)21/h4-8,18H,9H2,1-3H3. The van der Waals surface area contributed by atoms with Gasteiger partial charge in [-0.2, -0.15) is 0 Å². The Labute approximate surface area is 122 Å². The van der Waals surface area contributed by atoms with E-state index in [1.807, 2.05) is 32.9 Å². The summed E-state index contributed by atoms with van der Waals surface area (Å²) in [5.74, 6) is -0.619. The van der Waals surface area contributed by atoms with Gasteiger partial charge in [-0.15, -0.1) is 0 Å². The molecular weight excluding hydrogens is 271 g/mol. The van der Waals surface area contributed by atoms with Crippen LogP contribution in [0.2, 0.25) is 0 Å². The molecule has 2 aromatic rings. The number of rotatable bonds is 4. The minimum Gasteiger partial charge on any atom is -0.373 e. The van der Waals surface area contributed by atoms with Gasteiger partial charge in [0.05, 0.1) is 4.92 Å². The number of nitrogens with zero attached hydrogens (tertiary/aromatic N) is 1. The molecule has 0 saturated heterocycles. The molecule has 110 valence electrons. The first kappa shape index (κ1) is 15.0. The SMILES string of the molecule is Cc1cc(C)c(CNc2c(F)cccc2[N+](=O)[O-])c(C)c1. The molecule has 0 unspecified atom stereocenters. The van der Waals surface area contributed by atoms with Crippen molar-refractivity contribution in [1.82, 2.24) is 0 Å². The lowest BCUT2D eigenvalue weighted by molar-refractivity contribution is -0.384. The Kier molecular flexibility index (Phi) is 4.21. The van der Waals surface area contributed by atoms with Crippen LogP contribution in [0, 0.1) is 36.7 Å². The molecule has 2 aromatic carbocycles. The zero-order valence-corrected chi connectivity index (χ0v) is 12.2. The molecule has 0 amide bonds. The average molecular weight is 288 g/mol. The second-order valence-electron chi connectivity index (χ2n) is 5.12. The van der Waals surface area contributed by atoms with E-state index in [-0.39, 0.29) is 11.4 Å². The van der Waals surface area contributed by atoms with Crippen molar-refractivity contribution < 1.29 is 9.31 Å². The third-order valence-corrected chi connectivity index (χ3v) is 3.47. The van der Waals surface area contributed by atoms with E-state index in [1.54, 1.807) is 0 Å². The van der Waals surface area contributed by atoms with Crippen LogP contribution in [0.3, 0.4) is 0 Å². The van der Waals surface area contributed by atoms with Crippen LogP contribution in [-0.4, -0.2) is 4.92 Å². The van der Waals surface area contributed by atoms with E-state index in [9.17, 15) is 14.5 Å². The smallest absolute Gasteiger partial charge is 0.295 e. The van der Waals surface area contributed by atoms with Crippen LogP contribution in [0.4, 0.5) is 15.8 Å². The monoisotopic (exact) mass is 288 g/mol. The van der Waals surface area contributed by atoms with E-state index >= 15 is 0 Å². The summed E-state index contributed by atoms with van der Waals surface area (Å²) >= 11 is 0. The number of hydrogen-bond donors (Lipinski definition) is 1. The van der Waals surface area contributed by atoms with Crippen LogP contribution in [0.15, 0.2) is 30.3 Å². The minimum atomic E-state index is -0.619. The molecule has 0 spiro atoms. The highest BCUT2D eigenvalue weighted by molar-refractivity contribution is 5.62. The van der Waals surface area contributed by atoms with Crippen molar-refractivity contribution >= 4 is 11.4 Å². The topological polar surface area (TPSA) is 55.2 Å². The predicted octanol–water partition coefficient (Wildman–Crippen LogP) is 4.27. The molecule has 0 aromatic heterocycles. The average Bonchev–Trinajstić information content (AvgIpc) is 2.38. The summed E-state index contributed by atoms with van der Waals surface area (Å²) < 4.78 is 13.8. The molecule has 21 heavy (non-hydrogen) atoms. The van der Waals surface area contributed by atoms with E-state index in [0.717, 1.165) is 22.3 Å². The van der Waals surface area contributed by atoms with Gasteiger partial charge in [-0.3, -0.25) is 10.1 Å². The fourth-order valence-corrected chi connectivity index (χ4v) is 2.51. The normalized spacial score (nSPS) is 10.5. The van der Waals surface area contributed by atoms with Crippen LogP contribution in [0.5, 0.6) is 0 Å². The third kappa shape index (κ3) is 3.18. The van der Waals surface area contributed by atoms with Crippen molar-refractivity contribution in [3.8, 4) is 0 Å². The summed E-state index contributed by atoms with van der Waals surface area (Å²) in [6.45, 7) is 6.32. The summed E-state index contributed by atoms with van der Waals surface area (Å²) in [5, 5.41) is 13.8. The summed E-state index contributed by atoms with van der Waals surface area (Å²) in [7, 11) is 0. The largest absolute Gasteiger partial charge is 0.373 e. The van der Waals surface area contributed by atoms with Gasteiger partial charge in [-0.1, -0.05) is 23.8 Å². The lowest BCUT2D eigenvalue weighted by Crippen LogP contribution is -2.07. The van der Waals surface area contributed by atoms with Gasteiger partial charge in [0.2, 0.25) is 0 Å². The second kappa shape index (κ2) is 5.91. The van der Waals surface area contributed by atoms with E-state index in [4.69, 9.17) is 0 Å². The fourth-order valence-electron chi connectivity index (χ4n) is 2.51. The summed E-state index contributed by atoms with van der Waals surface area (Å²) in [6, 6.07) is 7.92. The van der Waals surface area contributed by atoms with E-state index < -0.39 is 10.7 Å². The molecule has 0 atom stereocenters. The molecule has 0 heterocycles. The molecule has 5 heteroatoms. The molecular formula is C16H17FN2O2. The molecule has 0 saturated carbocycles. The Bertz CT molecular complexity index is 676. The van der Waals surface area contributed by atoms with Gasteiger partial charge in [0.15, 0.2) is 5.82 Å². The number of nitro benzene ring substituents is 1.